The van der Waals surface area contributed by atoms with Crippen molar-refractivity contribution in [3.63, 3.8) is 0 Å². The first-order valence-electron chi connectivity index (χ1n) is 41.0. The quantitative estimate of drug-likeness (QED) is 0.0204. The van der Waals surface area contributed by atoms with E-state index in [1.807, 2.05) is 6.08 Å². The van der Waals surface area contributed by atoms with Crippen molar-refractivity contribution in [3.8, 4) is 0 Å². The van der Waals surface area contributed by atoms with Crippen LogP contribution in [0, 0.1) is 0 Å². The Morgan fingerprint density at radius 3 is 1.09 bits per heavy atom. The van der Waals surface area contributed by atoms with Crippen molar-refractivity contribution in [2.45, 2.75) is 441 Å². The van der Waals surface area contributed by atoms with Crippen LogP contribution in [0.5, 0.6) is 0 Å². The average molecular weight is 1370 g/mol. The van der Waals surface area contributed by atoms with Gasteiger partial charge in [-0.15, -0.1) is 0 Å². The van der Waals surface area contributed by atoms with Crippen LogP contribution >= 0.6 is 0 Å². The van der Waals surface area contributed by atoms with Gasteiger partial charge in [-0.25, -0.2) is 0 Å². The molecule has 0 aliphatic carbocycles. The fourth-order valence-electron chi connectivity index (χ4n) is 13.5. The fraction of sp³-hybridized carbons (Fsp3) is 0.867. The van der Waals surface area contributed by atoms with Crippen LogP contribution in [0.2, 0.25) is 0 Å². The normalized spacial score (nSPS) is 22.4. The zero-order chi connectivity index (χ0) is 70.1. The Morgan fingerprint density at radius 2 is 0.711 bits per heavy atom. The third kappa shape index (κ3) is 49.9. The minimum absolute atomic E-state index is 0.232. The first kappa shape index (κ1) is 90.8. The summed E-state index contributed by atoms with van der Waals surface area (Å²) < 4.78 is 22.9. The predicted molar refractivity (Wildman–Crippen MR) is 401 cm³/mol. The molecule has 0 spiro atoms. The van der Waals surface area contributed by atoms with Gasteiger partial charge < -0.3 is 65.1 Å². The molecule has 9 N–H and O–H groups in total. The van der Waals surface area contributed by atoms with Gasteiger partial charge in [0.25, 0.3) is 0 Å². The molecular weight excluding hydrogens is 1220 g/mol. The van der Waals surface area contributed by atoms with Gasteiger partial charge in [0.2, 0.25) is 5.91 Å². The highest BCUT2D eigenvalue weighted by Crippen LogP contribution is 2.30. The van der Waals surface area contributed by atoms with E-state index in [4.69, 9.17) is 18.9 Å². The molecule has 12 unspecified atom stereocenters. The molecule has 0 aromatic rings. The lowest BCUT2D eigenvalue weighted by molar-refractivity contribution is -0.359. The summed E-state index contributed by atoms with van der Waals surface area (Å²) in [5.41, 5.74) is 0. The van der Waals surface area contributed by atoms with Crippen molar-refractivity contribution in [1.29, 1.82) is 0 Å². The molecule has 2 rings (SSSR count). The number of aliphatic hydroxyl groups excluding tert-OH is 8. The summed E-state index contributed by atoms with van der Waals surface area (Å²) in [5, 5.41) is 87.7. The van der Waals surface area contributed by atoms with Crippen LogP contribution in [0.3, 0.4) is 0 Å². The maximum atomic E-state index is 13.4. The molecule has 2 aliphatic rings. The Balaban J connectivity index is 1.59. The number of unbranched alkanes of at least 4 members (excludes halogenated alkanes) is 48. The van der Waals surface area contributed by atoms with Gasteiger partial charge in [0, 0.05) is 6.42 Å². The summed E-state index contributed by atoms with van der Waals surface area (Å²) in [6.07, 6.45) is 74.5. The molecule has 97 heavy (non-hydrogen) atoms. The minimum Gasteiger partial charge on any atom is -0.394 e. The second-order valence-electron chi connectivity index (χ2n) is 28.9. The summed E-state index contributed by atoms with van der Waals surface area (Å²) in [7, 11) is 0. The molecule has 14 heteroatoms. The number of amides is 1. The zero-order valence-electron chi connectivity index (χ0n) is 62.3. The molecular formula is C83H153NO13. The largest absolute Gasteiger partial charge is 0.394 e. The van der Waals surface area contributed by atoms with Gasteiger partial charge in [0.1, 0.15) is 48.8 Å². The van der Waals surface area contributed by atoms with Crippen molar-refractivity contribution < 1.29 is 64.6 Å². The molecule has 2 heterocycles. The van der Waals surface area contributed by atoms with Crippen LogP contribution < -0.4 is 5.32 Å². The minimum atomic E-state index is -1.79. The second-order valence-corrected chi connectivity index (χ2v) is 28.9. The average Bonchev–Trinajstić information content (AvgIpc) is 0.794. The lowest BCUT2D eigenvalue weighted by Gasteiger charge is -2.46. The van der Waals surface area contributed by atoms with Crippen LogP contribution in [0.1, 0.15) is 367 Å². The highest BCUT2D eigenvalue weighted by atomic mass is 16.7. The van der Waals surface area contributed by atoms with E-state index in [0.29, 0.717) is 6.42 Å². The summed E-state index contributed by atoms with van der Waals surface area (Å²) in [6.45, 7) is 2.75. The van der Waals surface area contributed by atoms with E-state index in [0.717, 1.165) is 64.2 Å². The zero-order valence-corrected chi connectivity index (χ0v) is 62.3. The first-order valence-corrected chi connectivity index (χ1v) is 41.0. The number of allylic oxidation sites excluding steroid dienone is 9. The Morgan fingerprint density at radius 1 is 0.381 bits per heavy atom. The number of carbonyl (C=O) groups excluding carboxylic acids is 1. The number of hydrogen-bond acceptors (Lipinski definition) is 13. The second kappa shape index (κ2) is 66.9. The molecule has 0 aromatic carbocycles. The molecule has 0 aromatic heterocycles. The van der Waals surface area contributed by atoms with Crippen LogP contribution in [0.25, 0.3) is 0 Å². The van der Waals surface area contributed by atoms with E-state index < -0.39 is 86.8 Å². The van der Waals surface area contributed by atoms with Gasteiger partial charge in [-0.05, 0) is 57.8 Å². The monoisotopic (exact) mass is 1370 g/mol. The van der Waals surface area contributed by atoms with Crippen LogP contribution in [0.15, 0.2) is 60.8 Å². The van der Waals surface area contributed by atoms with E-state index in [2.05, 4.69) is 67.8 Å². The summed E-state index contributed by atoms with van der Waals surface area (Å²) >= 11 is 0. The lowest BCUT2D eigenvalue weighted by atomic mass is 9.97. The van der Waals surface area contributed by atoms with E-state index in [-0.39, 0.29) is 18.9 Å². The molecule has 0 bridgehead atoms. The van der Waals surface area contributed by atoms with Crippen LogP contribution in [-0.2, 0) is 23.7 Å². The third-order valence-electron chi connectivity index (χ3n) is 20.0. The van der Waals surface area contributed by atoms with Crippen molar-refractivity contribution in [3.05, 3.63) is 60.8 Å². The summed E-state index contributed by atoms with van der Waals surface area (Å²) in [6, 6.07) is -0.916. The Kier molecular flexibility index (Phi) is 62.6. The van der Waals surface area contributed by atoms with Crippen molar-refractivity contribution in [1.82, 2.24) is 5.32 Å². The third-order valence-corrected chi connectivity index (χ3v) is 20.0. The highest BCUT2D eigenvalue weighted by molar-refractivity contribution is 5.76. The lowest BCUT2D eigenvalue weighted by Crippen LogP contribution is -2.65. The number of hydrogen-bond donors (Lipinski definition) is 9. The van der Waals surface area contributed by atoms with Gasteiger partial charge in [-0.3, -0.25) is 4.79 Å². The summed E-state index contributed by atoms with van der Waals surface area (Å²) in [5.74, 6) is -0.232. The fourth-order valence-corrected chi connectivity index (χ4v) is 13.5. The van der Waals surface area contributed by atoms with Crippen molar-refractivity contribution in [2.24, 2.45) is 0 Å². The van der Waals surface area contributed by atoms with Gasteiger partial charge in [-0.1, -0.05) is 364 Å². The smallest absolute Gasteiger partial charge is 0.220 e. The van der Waals surface area contributed by atoms with E-state index >= 15 is 0 Å². The molecule has 2 fully saturated rings. The number of aliphatic hydroxyl groups is 8. The molecule has 12 atom stereocenters. The van der Waals surface area contributed by atoms with E-state index in [1.165, 1.54) is 276 Å². The Hall–Kier alpha value is -2.31. The topological polar surface area (TPSA) is 228 Å². The molecule has 1 amide bonds. The number of nitrogens with one attached hydrogen (secondary N) is 1. The van der Waals surface area contributed by atoms with Gasteiger partial charge in [0.05, 0.1) is 32.0 Å². The SMILES string of the molecule is CC/C=C\C/C=C\C/C=C\C/C=C\CCCCCCCCCCCCCCCCCCCCCCCCCCC(=O)NC(COC1OC(CO)C(OC2OC(CO)C(O)C(O)C2O)C(O)C1O)C(O)/C=C/CCCCCCCCCCCCCCCCCCCCCCCCCC. The molecule has 568 valence electrons. The summed E-state index contributed by atoms with van der Waals surface area (Å²) in [4.78, 5) is 13.4. The van der Waals surface area contributed by atoms with Crippen LogP contribution in [-0.4, -0.2) is 140 Å². The number of rotatable bonds is 69. The van der Waals surface area contributed by atoms with E-state index in [1.54, 1.807) is 6.08 Å². The molecule has 2 aliphatic heterocycles. The van der Waals surface area contributed by atoms with Gasteiger partial charge in [0.15, 0.2) is 12.6 Å². The highest BCUT2D eigenvalue weighted by Gasteiger charge is 2.51. The molecule has 2 saturated heterocycles. The number of carbonyl (C=O) groups is 1. The van der Waals surface area contributed by atoms with Crippen LogP contribution in [0.4, 0.5) is 0 Å². The Bertz CT molecular complexity index is 1860. The van der Waals surface area contributed by atoms with Gasteiger partial charge >= 0.3 is 0 Å². The maximum Gasteiger partial charge on any atom is 0.220 e. The molecule has 0 radical (unpaired) electrons. The first-order chi connectivity index (χ1) is 47.6. The van der Waals surface area contributed by atoms with E-state index in [9.17, 15) is 45.6 Å². The van der Waals surface area contributed by atoms with Crippen molar-refractivity contribution in [2.75, 3.05) is 19.8 Å². The molecule has 14 nitrogen and oxygen atoms in total. The Labute approximate surface area is 594 Å². The molecule has 0 saturated carbocycles. The van der Waals surface area contributed by atoms with Gasteiger partial charge in [-0.2, -0.15) is 0 Å². The predicted octanol–water partition coefficient (Wildman–Crippen LogP) is 18.7. The standard InChI is InChI=1S/C83H153NO13/c1-3-5-7-9-11-13-15-17-19-21-23-25-27-29-31-32-33-34-35-36-37-38-39-40-41-43-45-47-49-51-53-55-57-59-61-63-65-67-75(88)84-71(70-94-82-80(93)78(91)81(74(69-86)96-82)97-83-79(92)77(90)76(89)73(68-85)95-83)72(87)66-64-62-60-58-56-54-52-50-48-46-44-42-30-28-26-24-22-20-18-16-14-12-10-8-6-4-2/h5,7,11,13,17,19,23,25,64,66,71-74,76-83,85-87,89-93H,3-4,6,8-10,12,14-16,18,20-22,24,26-63,65,67-70H2,1-2H3,(H,84,88)/b7-5-,13-11-,19-17-,25-23-,66-64+. The number of ether oxygens (including phenoxy) is 4. The maximum absolute atomic E-state index is 13.4. The van der Waals surface area contributed by atoms with Crippen molar-refractivity contribution >= 4 is 5.91 Å².